The van der Waals surface area contributed by atoms with Crippen LogP contribution in [0.4, 0.5) is 0 Å². The zero-order valence-electron chi connectivity index (χ0n) is 40.4. The van der Waals surface area contributed by atoms with Crippen molar-refractivity contribution in [2.24, 2.45) is 0 Å². The van der Waals surface area contributed by atoms with E-state index in [0.29, 0.717) is 19.4 Å². The number of amides is 1. The minimum Gasteiger partial charge on any atom is -0.466 e. The van der Waals surface area contributed by atoms with Gasteiger partial charge in [-0.25, -0.2) is 0 Å². The molecule has 356 valence electrons. The van der Waals surface area contributed by atoms with Crippen LogP contribution in [0.15, 0.2) is 48.6 Å². The van der Waals surface area contributed by atoms with Crippen molar-refractivity contribution in [3.05, 3.63) is 48.6 Å². The highest BCUT2D eigenvalue weighted by atomic mass is 16.5. The number of allylic oxidation sites excluding steroid dienone is 7. The Morgan fingerprint density at radius 3 is 1.30 bits per heavy atom. The number of carbonyl (C=O) groups excluding carboxylic acids is 2. The molecule has 0 fully saturated rings. The Bertz CT molecular complexity index is 1040. The van der Waals surface area contributed by atoms with Gasteiger partial charge >= 0.3 is 5.97 Å². The molecule has 0 spiro atoms. The minimum atomic E-state index is -0.855. The highest BCUT2D eigenvalue weighted by molar-refractivity contribution is 5.76. The zero-order valence-corrected chi connectivity index (χ0v) is 40.4. The summed E-state index contributed by atoms with van der Waals surface area (Å²) < 4.78 is 5.45. The quantitative estimate of drug-likeness (QED) is 0.0322. The van der Waals surface area contributed by atoms with Gasteiger partial charge in [0.15, 0.2) is 0 Å². The molecule has 2 unspecified atom stereocenters. The van der Waals surface area contributed by atoms with Crippen LogP contribution in [0, 0.1) is 0 Å². The van der Waals surface area contributed by atoms with Crippen LogP contribution in [0.2, 0.25) is 0 Å². The van der Waals surface area contributed by atoms with Crippen molar-refractivity contribution in [3.63, 3.8) is 0 Å². The first kappa shape index (κ1) is 58.8. The molecule has 0 aromatic carbocycles. The summed E-state index contributed by atoms with van der Waals surface area (Å²) in [6, 6.07) is -0.640. The first-order valence-electron chi connectivity index (χ1n) is 26.4. The molecule has 1 amide bonds. The van der Waals surface area contributed by atoms with Crippen molar-refractivity contribution in [3.8, 4) is 0 Å². The number of hydrogen-bond acceptors (Lipinski definition) is 5. The SMILES string of the molecule is CCCCC/C=C\C/C=C\CCCCCCCC(=O)OCCCCCCCCC/C=C\CCCCCCCC(=O)NC(CO)C(O)/C=C/CCCCCCCCCCCCC. The molecule has 0 saturated heterocycles. The smallest absolute Gasteiger partial charge is 0.305 e. The van der Waals surface area contributed by atoms with Crippen LogP contribution in [-0.4, -0.2) is 47.4 Å². The van der Waals surface area contributed by atoms with Crippen LogP contribution in [-0.2, 0) is 14.3 Å². The van der Waals surface area contributed by atoms with E-state index in [-0.39, 0.29) is 18.5 Å². The van der Waals surface area contributed by atoms with Crippen molar-refractivity contribution < 1.29 is 24.5 Å². The highest BCUT2D eigenvalue weighted by Gasteiger charge is 2.18. The molecule has 0 aromatic rings. The number of unbranched alkanes of at least 4 members (excludes halogenated alkanes) is 31. The van der Waals surface area contributed by atoms with Crippen LogP contribution in [0.1, 0.15) is 264 Å². The van der Waals surface area contributed by atoms with Gasteiger partial charge < -0.3 is 20.3 Å². The average molecular weight is 856 g/mol. The summed E-state index contributed by atoms with van der Waals surface area (Å²) in [4.78, 5) is 24.4. The number of aliphatic hydroxyl groups is 2. The fourth-order valence-electron chi connectivity index (χ4n) is 7.71. The molecular weight excluding hydrogens is 755 g/mol. The highest BCUT2D eigenvalue weighted by Crippen LogP contribution is 2.14. The second-order valence-electron chi connectivity index (χ2n) is 17.8. The van der Waals surface area contributed by atoms with Gasteiger partial charge in [-0.15, -0.1) is 0 Å². The van der Waals surface area contributed by atoms with Gasteiger partial charge in [0.05, 0.1) is 25.4 Å². The Kier molecular flexibility index (Phi) is 48.7. The van der Waals surface area contributed by atoms with E-state index in [2.05, 4.69) is 55.6 Å². The van der Waals surface area contributed by atoms with E-state index >= 15 is 0 Å². The molecule has 0 radical (unpaired) electrons. The lowest BCUT2D eigenvalue weighted by atomic mass is 10.0. The van der Waals surface area contributed by atoms with Crippen molar-refractivity contribution in [1.29, 1.82) is 0 Å². The largest absolute Gasteiger partial charge is 0.466 e. The van der Waals surface area contributed by atoms with E-state index in [4.69, 9.17) is 4.74 Å². The lowest BCUT2D eigenvalue weighted by molar-refractivity contribution is -0.143. The molecule has 0 aromatic heterocycles. The van der Waals surface area contributed by atoms with Crippen LogP contribution < -0.4 is 5.32 Å². The molecule has 61 heavy (non-hydrogen) atoms. The van der Waals surface area contributed by atoms with Crippen LogP contribution in [0.3, 0.4) is 0 Å². The minimum absolute atomic E-state index is 0.0188. The van der Waals surface area contributed by atoms with Gasteiger partial charge in [0, 0.05) is 12.8 Å². The second-order valence-corrected chi connectivity index (χ2v) is 17.8. The predicted molar refractivity (Wildman–Crippen MR) is 264 cm³/mol. The monoisotopic (exact) mass is 856 g/mol. The van der Waals surface area contributed by atoms with Gasteiger partial charge in [-0.1, -0.05) is 210 Å². The summed E-state index contributed by atoms with van der Waals surface area (Å²) >= 11 is 0. The summed E-state index contributed by atoms with van der Waals surface area (Å²) in [7, 11) is 0. The number of carbonyl (C=O) groups is 2. The number of aliphatic hydroxyl groups excluding tert-OH is 2. The summed E-state index contributed by atoms with van der Waals surface area (Å²) in [5.74, 6) is -0.106. The Morgan fingerprint density at radius 2 is 0.820 bits per heavy atom. The standard InChI is InChI=1S/C55H101NO5/c1-3-5-7-9-11-13-15-17-20-25-29-33-37-41-45-49-55(60)61-50-46-42-38-34-30-26-22-19-18-21-24-28-32-36-40-44-48-54(59)56-52(51-57)53(58)47-43-39-35-31-27-23-16-14-12-10-8-6-4-2/h11,13,17-18,20-21,43,47,52-53,57-58H,3-10,12,14-16,19,22-42,44-46,48-51H2,1-2H3,(H,56,59)/b13-11-,20-17-,21-18-,47-43+. The molecule has 0 saturated carbocycles. The number of ether oxygens (including phenoxy) is 1. The molecule has 6 heteroatoms. The Balaban J connectivity index is 3.51. The number of rotatable bonds is 48. The average Bonchev–Trinajstić information content (AvgIpc) is 3.26. The number of esters is 1. The molecule has 0 rings (SSSR count). The maximum atomic E-state index is 12.4. The number of nitrogens with one attached hydrogen (secondary N) is 1. The molecular formula is C55H101NO5. The van der Waals surface area contributed by atoms with Crippen molar-refractivity contribution >= 4 is 11.9 Å². The van der Waals surface area contributed by atoms with E-state index in [1.807, 2.05) is 6.08 Å². The van der Waals surface area contributed by atoms with Crippen LogP contribution >= 0.6 is 0 Å². The van der Waals surface area contributed by atoms with E-state index < -0.39 is 12.1 Å². The topological polar surface area (TPSA) is 95.9 Å². The third kappa shape index (κ3) is 47.1. The summed E-state index contributed by atoms with van der Waals surface area (Å²) in [6.45, 7) is 4.83. The molecule has 3 N–H and O–H groups in total. The molecule has 0 aliphatic rings. The lowest BCUT2D eigenvalue weighted by Gasteiger charge is -2.20. The van der Waals surface area contributed by atoms with E-state index in [9.17, 15) is 19.8 Å². The predicted octanol–water partition coefficient (Wildman–Crippen LogP) is 15.8. The third-order valence-corrected chi connectivity index (χ3v) is 11.8. The fourth-order valence-corrected chi connectivity index (χ4v) is 7.71. The van der Waals surface area contributed by atoms with Crippen LogP contribution in [0.5, 0.6) is 0 Å². The van der Waals surface area contributed by atoms with E-state index in [1.165, 1.54) is 167 Å². The number of hydrogen-bond donors (Lipinski definition) is 3. The Labute approximate surface area is 378 Å². The summed E-state index contributed by atoms with van der Waals surface area (Å²) in [5, 5.41) is 23.0. The molecule has 2 atom stereocenters. The molecule has 0 bridgehead atoms. The molecule has 6 nitrogen and oxygen atoms in total. The normalized spacial score (nSPS) is 13.0. The van der Waals surface area contributed by atoms with E-state index in [0.717, 1.165) is 70.6 Å². The summed E-state index contributed by atoms with van der Waals surface area (Å²) in [5.41, 5.74) is 0. The fraction of sp³-hybridized carbons (Fsp3) is 0.818. The maximum absolute atomic E-state index is 12.4. The van der Waals surface area contributed by atoms with Crippen LogP contribution in [0.25, 0.3) is 0 Å². The van der Waals surface area contributed by atoms with Crippen molar-refractivity contribution in [2.75, 3.05) is 13.2 Å². The first-order valence-corrected chi connectivity index (χ1v) is 26.4. The first-order chi connectivity index (χ1) is 30.0. The van der Waals surface area contributed by atoms with E-state index in [1.54, 1.807) is 6.08 Å². The van der Waals surface area contributed by atoms with Gasteiger partial charge in [0.25, 0.3) is 0 Å². The lowest BCUT2D eigenvalue weighted by Crippen LogP contribution is -2.45. The van der Waals surface area contributed by atoms with Gasteiger partial charge in [0.2, 0.25) is 5.91 Å². The Morgan fingerprint density at radius 1 is 0.459 bits per heavy atom. The van der Waals surface area contributed by atoms with Gasteiger partial charge in [-0.3, -0.25) is 9.59 Å². The molecule has 0 heterocycles. The van der Waals surface area contributed by atoms with Crippen molar-refractivity contribution in [1.82, 2.24) is 5.32 Å². The molecule has 0 aliphatic heterocycles. The van der Waals surface area contributed by atoms with Gasteiger partial charge in [0.1, 0.15) is 0 Å². The van der Waals surface area contributed by atoms with Gasteiger partial charge in [-0.2, -0.15) is 0 Å². The summed E-state index contributed by atoms with van der Waals surface area (Å²) in [6.07, 6.45) is 62.5. The third-order valence-electron chi connectivity index (χ3n) is 11.8. The second kappa shape index (κ2) is 50.5. The molecule has 0 aliphatic carbocycles. The Hall–Kier alpha value is -2.18. The van der Waals surface area contributed by atoms with Gasteiger partial charge in [-0.05, 0) is 89.9 Å². The zero-order chi connectivity index (χ0) is 44.4. The van der Waals surface area contributed by atoms with Crippen molar-refractivity contribution in [2.45, 2.75) is 276 Å². The maximum Gasteiger partial charge on any atom is 0.305 e.